The third-order valence-electron chi connectivity index (χ3n) is 7.14. The molecule has 0 saturated carbocycles. The van der Waals surface area contributed by atoms with Crippen molar-refractivity contribution in [2.75, 3.05) is 4.90 Å². The molecule has 1 aliphatic heterocycles. The molecule has 5 nitrogen and oxygen atoms in total. The molecule has 35 heavy (non-hydrogen) atoms. The van der Waals surface area contributed by atoms with E-state index >= 15 is 0 Å². The minimum Gasteiger partial charge on any atom is -0.304 e. The standard InChI is InChI=1S/C30H23N5/c1-30(2)21-9-3-5-11-23(21)35(24-12-6-4-10-22(24)30)27-16-15-20(19-33-27)34-25-13-7-17-31-28(25)29-26(34)14-8-18-32-29/h3-19H,1-2H3. The number of anilines is 3. The highest BCUT2D eigenvalue weighted by atomic mass is 15.2. The lowest BCUT2D eigenvalue weighted by Gasteiger charge is -2.41. The number of rotatable bonds is 2. The van der Waals surface area contributed by atoms with E-state index < -0.39 is 0 Å². The fraction of sp³-hybridized carbons (Fsp3) is 0.100. The van der Waals surface area contributed by atoms with Gasteiger partial charge in [0.2, 0.25) is 0 Å². The van der Waals surface area contributed by atoms with Crippen molar-refractivity contribution in [2.45, 2.75) is 19.3 Å². The molecule has 0 atom stereocenters. The summed E-state index contributed by atoms with van der Waals surface area (Å²) in [6, 6.07) is 29.6. The molecule has 168 valence electrons. The largest absolute Gasteiger partial charge is 0.304 e. The summed E-state index contributed by atoms with van der Waals surface area (Å²) in [7, 11) is 0. The second-order valence-corrected chi connectivity index (χ2v) is 9.45. The van der Waals surface area contributed by atoms with Crippen molar-refractivity contribution in [1.29, 1.82) is 0 Å². The van der Waals surface area contributed by atoms with Gasteiger partial charge in [-0.05, 0) is 59.7 Å². The van der Waals surface area contributed by atoms with E-state index in [1.165, 1.54) is 22.5 Å². The molecule has 0 radical (unpaired) electrons. The predicted octanol–water partition coefficient (Wildman–Crippen LogP) is 7.08. The lowest BCUT2D eigenvalue weighted by Crippen LogP contribution is -2.30. The first-order chi connectivity index (χ1) is 17.1. The molecule has 4 aromatic heterocycles. The molecule has 0 N–H and O–H groups in total. The van der Waals surface area contributed by atoms with Gasteiger partial charge in [0.25, 0.3) is 0 Å². The minimum atomic E-state index is -0.0907. The molecule has 0 unspecified atom stereocenters. The molecule has 5 heteroatoms. The summed E-state index contributed by atoms with van der Waals surface area (Å²) in [4.78, 5) is 16.5. The summed E-state index contributed by atoms with van der Waals surface area (Å²) in [5, 5.41) is 0. The number of benzene rings is 2. The van der Waals surface area contributed by atoms with E-state index in [0.717, 1.165) is 33.6 Å². The van der Waals surface area contributed by atoms with E-state index in [1.807, 2.05) is 30.7 Å². The van der Waals surface area contributed by atoms with Crippen LogP contribution in [0.4, 0.5) is 17.2 Å². The summed E-state index contributed by atoms with van der Waals surface area (Å²) in [6.07, 6.45) is 5.57. The van der Waals surface area contributed by atoms with Gasteiger partial charge in [0.1, 0.15) is 16.9 Å². The van der Waals surface area contributed by atoms with Gasteiger partial charge in [0.05, 0.1) is 34.3 Å². The normalized spacial score (nSPS) is 14.2. The lowest BCUT2D eigenvalue weighted by molar-refractivity contribution is 0.631. The molecule has 1 aliphatic rings. The molecule has 5 heterocycles. The van der Waals surface area contributed by atoms with Crippen LogP contribution in [0.25, 0.3) is 27.8 Å². The minimum absolute atomic E-state index is 0.0907. The summed E-state index contributed by atoms with van der Waals surface area (Å²) in [5.74, 6) is 0.890. The van der Waals surface area contributed by atoms with E-state index in [4.69, 9.17) is 4.98 Å². The average molecular weight is 454 g/mol. The molecule has 0 saturated heterocycles. The van der Waals surface area contributed by atoms with Crippen molar-refractivity contribution < 1.29 is 0 Å². The van der Waals surface area contributed by atoms with Crippen LogP contribution in [-0.2, 0) is 5.41 Å². The highest BCUT2D eigenvalue weighted by Crippen LogP contribution is 2.51. The topological polar surface area (TPSA) is 46.8 Å². The molecular weight excluding hydrogens is 430 g/mol. The van der Waals surface area contributed by atoms with Crippen LogP contribution < -0.4 is 4.90 Å². The first kappa shape index (κ1) is 19.9. The Morgan fingerprint density at radius 2 is 1.17 bits per heavy atom. The summed E-state index contributed by atoms with van der Waals surface area (Å²) in [6.45, 7) is 4.59. The van der Waals surface area contributed by atoms with E-state index in [1.54, 1.807) is 0 Å². The average Bonchev–Trinajstić information content (AvgIpc) is 3.24. The highest BCUT2D eigenvalue weighted by Gasteiger charge is 2.36. The summed E-state index contributed by atoms with van der Waals surface area (Å²) < 4.78 is 2.18. The van der Waals surface area contributed by atoms with Gasteiger partial charge in [-0.25, -0.2) is 4.98 Å². The van der Waals surface area contributed by atoms with Crippen LogP contribution >= 0.6 is 0 Å². The van der Waals surface area contributed by atoms with E-state index in [9.17, 15) is 0 Å². The van der Waals surface area contributed by atoms with Crippen molar-refractivity contribution in [1.82, 2.24) is 19.5 Å². The van der Waals surface area contributed by atoms with Crippen molar-refractivity contribution in [2.24, 2.45) is 0 Å². The van der Waals surface area contributed by atoms with Crippen LogP contribution in [0.2, 0.25) is 0 Å². The van der Waals surface area contributed by atoms with Crippen LogP contribution in [0.15, 0.2) is 104 Å². The molecule has 0 spiro atoms. The zero-order valence-electron chi connectivity index (χ0n) is 19.6. The highest BCUT2D eigenvalue weighted by molar-refractivity contribution is 6.04. The fourth-order valence-corrected chi connectivity index (χ4v) is 5.49. The van der Waals surface area contributed by atoms with Gasteiger partial charge in [-0.3, -0.25) is 14.9 Å². The molecule has 2 aromatic carbocycles. The van der Waals surface area contributed by atoms with E-state index in [0.29, 0.717) is 0 Å². The Bertz CT molecular complexity index is 1630. The molecule has 6 aromatic rings. The maximum Gasteiger partial charge on any atom is 0.137 e. The Morgan fingerprint density at radius 1 is 0.600 bits per heavy atom. The molecule has 0 fully saturated rings. The number of para-hydroxylation sites is 2. The maximum atomic E-state index is 4.98. The predicted molar refractivity (Wildman–Crippen MR) is 141 cm³/mol. The van der Waals surface area contributed by atoms with Crippen LogP contribution in [0.1, 0.15) is 25.0 Å². The number of aromatic nitrogens is 4. The van der Waals surface area contributed by atoms with Gasteiger partial charge in [0.15, 0.2) is 0 Å². The summed E-state index contributed by atoms with van der Waals surface area (Å²) in [5.41, 5.74) is 9.65. The SMILES string of the molecule is CC1(C)c2ccccc2N(c2ccc(-n3c4cccnc4c4ncccc43)cn2)c2ccccc21. The van der Waals surface area contributed by atoms with Crippen molar-refractivity contribution in [3.63, 3.8) is 0 Å². The monoisotopic (exact) mass is 453 g/mol. The van der Waals surface area contributed by atoms with Gasteiger partial charge in [0, 0.05) is 17.8 Å². The first-order valence-electron chi connectivity index (χ1n) is 11.8. The van der Waals surface area contributed by atoms with Crippen molar-refractivity contribution in [3.05, 3.63) is 115 Å². The Hall–Kier alpha value is -4.51. The molecule has 0 amide bonds. The zero-order chi connectivity index (χ0) is 23.6. The first-order valence-corrected chi connectivity index (χ1v) is 11.8. The second kappa shape index (κ2) is 7.24. The zero-order valence-corrected chi connectivity index (χ0v) is 19.6. The van der Waals surface area contributed by atoms with Crippen LogP contribution in [0.5, 0.6) is 0 Å². The lowest BCUT2D eigenvalue weighted by atomic mass is 9.73. The Balaban J connectivity index is 1.41. The van der Waals surface area contributed by atoms with Crippen LogP contribution in [0.3, 0.4) is 0 Å². The Labute approximate surface area is 203 Å². The fourth-order valence-electron chi connectivity index (χ4n) is 5.49. The van der Waals surface area contributed by atoms with E-state index in [-0.39, 0.29) is 5.41 Å². The Kier molecular flexibility index (Phi) is 4.12. The number of hydrogen-bond donors (Lipinski definition) is 0. The van der Waals surface area contributed by atoms with Gasteiger partial charge >= 0.3 is 0 Å². The van der Waals surface area contributed by atoms with Crippen molar-refractivity contribution >= 4 is 39.3 Å². The molecule has 0 aliphatic carbocycles. The van der Waals surface area contributed by atoms with Gasteiger partial charge in [-0.2, -0.15) is 0 Å². The quantitative estimate of drug-likeness (QED) is 0.281. The maximum absolute atomic E-state index is 4.98. The van der Waals surface area contributed by atoms with Gasteiger partial charge < -0.3 is 4.57 Å². The van der Waals surface area contributed by atoms with E-state index in [2.05, 4.69) is 106 Å². The molecule has 0 bridgehead atoms. The molecular formula is C30H23N5. The van der Waals surface area contributed by atoms with Gasteiger partial charge in [-0.15, -0.1) is 0 Å². The summed E-state index contributed by atoms with van der Waals surface area (Å²) >= 11 is 0. The number of fused-ring (bicyclic) bond motifs is 5. The van der Waals surface area contributed by atoms with Crippen LogP contribution in [0, 0.1) is 0 Å². The second-order valence-electron chi connectivity index (χ2n) is 9.45. The number of nitrogens with zero attached hydrogens (tertiary/aromatic N) is 5. The number of hydrogen-bond acceptors (Lipinski definition) is 4. The van der Waals surface area contributed by atoms with Gasteiger partial charge in [-0.1, -0.05) is 50.2 Å². The van der Waals surface area contributed by atoms with Crippen LogP contribution in [-0.4, -0.2) is 19.5 Å². The van der Waals surface area contributed by atoms with Crippen molar-refractivity contribution in [3.8, 4) is 5.69 Å². The number of pyridine rings is 3. The third kappa shape index (κ3) is 2.78. The Morgan fingerprint density at radius 3 is 1.71 bits per heavy atom. The smallest absolute Gasteiger partial charge is 0.137 e. The molecule has 7 rings (SSSR count). The third-order valence-corrected chi connectivity index (χ3v) is 7.14.